The number of carbonyl (C=O) groups is 1. The predicted octanol–water partition coefficient (Wildman–Crippen LogP) is 6.21. The van der Waals surface area contributed by atoms with Gasteiger partial charge in [-0.05, 0) is 85.1 Å². The summed E-state index contributed by atoms with van der Waals surface area (Å²) in [6, 6.07) is 31.0. The topological polar surface area (TPSA) is 47.3 Å². The number of hydrogen-bond acceptors (Lipinski definition) is 3. The highest BCUT2D eigenvalue weighted by molar-refractivity contribution is 6.08. The first kappa shape index (κ1) is 22.5. The lowest BCUT2D eigenvalue weighted by Crippen LogP contribution is -2.45. The molecule has 4 aromatic rings. The number of carbonyl (C=O) groups excluding carboxylic acids is 1. The van der Waals surface area contributed by atoms with Gasteiger partial charge >= 0.3 is 0 Å². The molecular formula is C32H29N3O. The van der Waals surface area contributed by atoms with Crippen molar-refractivity contribution in [1.82, 2.24) is 4.90 Å². The smallest absolute Gasteiger partial charge is 0.258 e. The maximum absolute atomic E-state index is 13.6. The molecule has 1 amide bonds. The van der Waals surface area contributed by atoms with Gasteiger partial charge in [-0.15, -0.1) is 0 Å². The summed E-state index contributed by atoms with van der Waals surface area (Å²) < 4.78 is 0. The molecule has 0 radical (unpaired) electrons. The third-order valence-electron chi connectivity index (χ3n) is 7.99. The van der Waals surface area contributed by atoms with Crippen LogP contribution in [0.3, 0.4) is 0 Å². The Hall–Kier alpha value is -3.94. The van der Waals surface area contributed by atoms with Gasteiger partial charge in [0.1, 0.15) is 0 Å². The van der Waals surface area contributed by atoms with Crippen molar-refractivity contribution in [3.05, 3.63) is 113 Å². The van der Waals surface area contributed by atoms with Gasteiger partial charge in [-0.2, -0.15) is 5.26 Å². The molecule has 0 aliphatic carbocycles. The van der Waals surface area contributed by atoms with E-state index < -0.39 is 0 Å². The van der Waals surface area contributed by atoms with Gasteiger partial charge in [0.15, 0.2) is 0 Å². The molecule has 0 N–H and O–H groups in total. The summed E-state index contributed by atoms with van der Waals surface area (Å²) in [5, 5.41) is 11.9. The van der Waals surface area contributed by atoms with Crippen molar-refractivity contribution >= 4 is 22.4 Å². The fraction of sp³-hybridized carbons (Fsp3) is 0.250. The number of anilines is 1. The Kier molecular flexibility index (Phi) is 5.59. The molecule has 1 fully saturated rings. The average molecular weight is 472 g/mol. The molecule has 2 heterocycles. The van der Waals surface area contributed by atoms with Crippen molar-refractivity contribution in [2.75, 3.05) is 24.5 Å². The zero-order valence-electron chi connectivity index (χ0n) is 20.6. The largest absolute Gasteiger partial charge is 0.307 e. The number of rotatable bonds is 3. The van der Waals surface area contributed by atoms with Crippen molar-refractivity contribution in [1.29, 1.82) is 5.26 Å². The van der Waals surface area contributed by atoms with Crippen LogP contribution in [0.2, 0.25) is 0 Å². The first-order valence-corrected chi connectivity index (χ1v) is 12.7. The highest BCUT2D eigenvalue weighted by Gasteiger charge is 2.46. The second kappa shape index (κ2) is 8.93. The number of nitrogens with zero attached hydrogens (tertiary/aromatic N) is 3. The SMILES string of the molecule is Cc1ccc2c(c1)C1(CCN(Cc3ccc4ccccc4c3)CC1)CN2C(=O)c1cccc(C#N)c1. The van der Waals surface area contributed by atoms with E-state index in [2.05, 4.69) is 78.6 Å². The summed E-state index contributed by atoms with van der Waals surface area (Å²) in [5.41, 5.74) is 5.97. The van der Waals surface area contributed by atoms with Gasteiger partial charge in [-0.1, -0.05) is 60.2 Å². The zero-order chi connectivity index (χ0) is 24.7. The molecule has 0 saturated carbocycles. The molecule has 0 atom stereocenters. The molecule has 4 nitrogen and oxygen atoms in total. The highest BCUT2D eigenvalue weighted by Crippen LogP contribution is 2.48. The van der Waals surface area contributed by atoms with E-state index in [4.69, 9.17) is 0 Å². The zero-order valence-corrected chi connectivity index (χ0v) is 20.6. The molecule has 36 heavy (non-hydrogen) atoms. The number of likely N-dealkylation sites (tertiary alicyclic amines) is 1. The van der Waals surface area contributed by atoms with Crippen LogP contribution in [0.25, 0.3) is 10.8 Å². The molecular weight excluding hydrogens is 442 g/mol. The molecule has 1 spiro atoms. The van der Waals surface area contributed by atoms with Crippen LogP contribution in [0.15, 0.2) is 84.9 Å². The minimum Gasteiger partial charge on any atom is -0.307 e. The summed E-state index contributed by atoms with van der Waals surface area (Å²) in [6.45, 7) is 5.79. The summed E-state index contributed by atoms with van der Waals surface area (Å²) in [7, 11) is 0. The molecule has 2 aliphatic heterocycles. The monoisotopic (exact) mass is 471 g/mol. The molecule has 2 aliphatic rings. The Morgan fingerprint density at radius 1 is 0.917 bits per heavy atom. The van der Waals surface area contributed by atoms with Gasteiger partial charge < -0.3 is 4.90 Å². The second-order valence-corrected chi connectivity index (χ2v) is 10.3. The summed E-state index contributed by atoms with van der Waals surface area (Å²) in [5.74, 6) is -0.0207. The normalized spacial score (nSPS) is 16.7. The van der Waals surface area contributed by atoms with Crippen molar-refractivity contribution in [2.45, 2.75) is 31.7 Å². The Morgan fingerprint density at radius 2 is 1.72 bits per heavy atom. The fourth-order valence-electron chi connectivity index (χ4n) is 6.00. The van der Waals surface area contributed by atoms with Crippen molar-refractivity contribution in [3.8, 4) is 6.07 Å². The van der Waals surface area contributed by atoms with E-state index in [0.717, 1.165) is 38.2 Å². The maximum Gasteiger partial charge on any atom is 0.258 e. The van der Waals surface area contributed by atoms with Crippen molar-refractivity contribution in [2.24, 2.45) is 0 Å². The van der Waals surface area contributed by atoms with Gasteiger partial charge in [-0.25, -0.2) is 0 Å². The predicted molar refractivity (Wildman–Crippen MR) is 144 cm³/mol. The van der Waals surface area contributed by atoms with Crippen LogP contribution in [-0.2, 0) is 12.0 Å². The molecule has 0 unspecified atom stereocenters. The third-order valence-corrected chi connectivity index (χ3v) is 7.99. The first-order chi connectivity index (χ1) is 17.5. The van der Waals surface area contributed by atoms with Crippen LogP contribution < -0.4 is 4.90 Å². The number of fused-ring (bicyclic) bond motifs is 3. The summed E-state index contributed by atoms with van der Waals surface area (Å²) in [6.07, 6.45) is 2.05. The van der Waals surface area contributed by atoms with E-state index in [1.807, 2.05) is 11.0 Å². The van der Waals surface area contributed by atoms with E-state index in [0.29, 0.717) is 17.7 Å². The lowest BCUT2D eigenvalue weighted by molar-refractivity contribution is 0.0975. The van der Waals surface area contributed by atoms with Crippen LogP contribution in [0, 0.1) is 18.3 Å². The van der Waals surface area contributed by atoms with E-state index in [1.54, 1.807) is 18.2 Å². The van der Waals surface area contributed by atoms with Gasteiger partial charge in [0.25, 0.3) is 5.91 Å². The molecule has 4 aromatic carbocycles. The number of hydrogen-bond donors (Lipinski definition) is 0. The second-order valence-electron chi connectivity index (χ2n) is 10.3. The molecule has 178 valence electrons. The maximum atomic E-state index is 13.6. The minimum absolute atomic E-state index is 0.0207. The summed E-state index contributed by atoms with van der Waals surface area (Å²) >= 11 is 0. The lowest BCUT2D eigenvalue weighted by atomic mass is 9.74. The van der Waals surface area contributed by atoms with E-state index in [9.17, 15) is 10.1 Å². The standard InChI is InChI=1S/C32H29N3O/c1-23-9-12-30-29(17-23)32(22-35(30)31(36)28-8-4-5-24(18-28)20-33)13-15-34(16-14-32)21-25-10-11-26-6-2-3-7-27(26)19-25/h2-12,17-19H,13-16,21-22H2,1H3. The van der Waals surface area contributed by atoms with Crippen LogP contribution in [0.4, 0.5) is 5.69 Å². The quantitative estimate of drug-likeness (QED) is 0.357. The third kappa shape index (κ3) is 3.96. The Labute approximate surface area is 212 Å². The lowest BCUT2D eigenvalue weighted by Gasteiger charge is -2.40. The number of piperidine rings is 1. The van der Waals surface area contributed by atoms with Gasteiger partial charge in [0.2, 0.25) is 0 Å². The molecule has 6 rings (SSSR count). The first-order valence-electron chi connectivity index (χ1n) is 12.7. The van der Waals surface area contributed by atoms with Crippen LogP contribution in [-0.4, -0.2) is 30.4 Å². The van der Waals surface area contributed by atoms with E-state index in [1.165, 1.54) is 27.5 Å². The fourth-order valence-corrected chi connectivity index (χ4v) is 6.00. The van der Waals surface area contributed by atoms with Crippen LogP contribution in [0.5, 0.6) is 0 Å². The summed E-state index contributed by atoms with van der Waals surface area (Å²) in [4.78, 5) is 18.1. The number of aryl methyl sites for hydroxylation is 1. The highest BCUT2D eigenvalue weighted by atomic mass is 16.2. The molecule has 0 bridgehead atoms. The minimum atomic E-state index is -0.0241. The van der Waals surface area contributed by atoms with Gasteiger partial charge in [0.05, 0.1) is 11.6 Å². The Bertz CT molecular complexity index is 1510. The van der Waals surface area contributed by atoms with E-state index in [-0.39, 0.29) is 11.3 Å². The molecule has 0 aromatic heterocycles. The van der Waals surface area contributed by atoms with Crippen LogP contribution in [0.1, 0.15) is 45.5 Å². The van der Waals surface area contributed by atoms with E-state index >= 15 is 0 Å². The van der Waals surface area contributed by atoms with Gasteiger partial charge in [0, 0.05) is 29.8 Å². The van der Waals surface area contributed by atoms with Gasteiger partial charge in [-0.3, -0.25) is 9.69 Å². The number of benzene rings is 4. The van der Waals surface area contributed by atoms with Crippen LogP contribution >= 0.6 is 0 Å². The average Bonchev–Trinajstić information content (AvgIpc) is 3.22. The molecule has 4 heteroatoms. The number of nitriles is 1. The van der Waals surface area contributed by atoms with Crippen molar-refractivity contribution in [3.63, 3.8) is 0 Å². The molecule has 1 saturated heterocycles. The Balaban J connectivity index is 1.23. The number of amides is 1. The Morgan fingerprint density at radius 3 is 2.53 bits per heavy atom. The van der Waals surface area contributed by atoms with Crippen molar-refractivity contribution < 1.29 is 4.79 Å².